The van der Waals surface area contributed by atoms with E-state index in [0.717, 1.165) is 77.6 Å². The lowest BCUT2D eigenvalue weighted by molar-refractivity contribution is 0.0817. The Morgan fingerprint density at radius 1 is 0.560 bits per heavy atom. The van der Waals surface area contributed by atoms with Crippen molar-refractivity contribution in [3.8, 4) is 0 Å². The Labute approximate surface area is 292 Å². The molecule has 3 N–H and O–H groups in total. The molecule has 0 atom stereocenters. The predicted octanol–water partition coefficient (Wildman–Crippen LogP) is 8.34. The largest absolute Gasteiger partial charge is 0.461 e. The normalized spacial score (nSPS) is 11.4. The molecule has 0 radical (unpaired) electrons. The van der Waals surface area contributed by atoms with Crippen molar-refractivity contribution in [2.45, 2.75) is 95.3 Å². The van der Waals surface area contributed by atoms with E-state index in [9.17, 15) is 9.59 Å². The first-order valence-electron chi connectivity index (χ1n) is 17.2. The highest BCUT2D eigenvalue weighted by Gasteiger charge is 2.20. The Kier molecular flexibility index (Phi) is 12.9. The summed E-state index contributed by atoms with van der Waals surface area (Å²) >= 11 is 0. The SMILES string of the molecule is CCCC.Cc1oc2c(C)c3oc(=O)c(C)c(COCCN)c3cc2c1C.Cc1oc2c(C)c3oc(=O)c(C)c(COCCO)c3cc2c1C. The molecule has 6 aromatic rings. The van der Waals surface area contributed by atoms with E-state index in [1.165, 1.54) is 12.8 Å². The van der Waals surface area contributed by atoms with Gasteiger partial charge in [-0.3, -0.25) is 0 Å². The van der Waals surface area contributed by atoms with Crippen molar-refractivity contribution in [1.82, 2.24) is 0 Å². The molecule has 0 amide bonds. The second-order valence-electron chi connectivity index (χ2n) is 12.7. The first-order chi connectivity index (χ1) is 23.8. The van der Waals surface area contributed by atoms with E-state index in [1.807, 2.05) is 53.7 Å². The average molecular weight is 690 g/mol. The molecule has 0 aliphatic carbocycles. The number of unbranched alkanes of at least 4 members (excludes halogenated alkanes) is 1. The topological polar surface area (TPSA) is 151 Å². The molecule has 0 saturated carbocycles. The Hall–Kier alpha value is -4.22. The first kappa shape index (κ1) is 38.6. The number of rotatable bonds is 9. The van der Waals surface area contributed by atoms with Crippen LogP contribution < -0.4 is 17.0 Å². The van der Waals surface area contributed by atoms with Crippen LogP contribution in [0.25, 0.3) is 43.9 Å². The molecule has 10 nitrogen and oxygen atoms in total. The molecule has 10 heteroatoms. The van der Waals surface area contributed by atoms with Gasteiger partial charge in [-0.25, -0.2) is 9.59 Å². The van der Waals surface area contributed by atoms with Gasteiger partial charge in [-0.1, -0.05) is 26.7 Å². The van der Waals surface area contributed by atoms with Crippen molar-refractivity contribution >= 4 is 43.9 Å². The molecule has 0 spiro atoms. The number of ether oxygens (including phenoxy) is 2. The van der Waals surface area contributed by atoms with Gasteiger partial charge in [0.2, 0.25) is 0 Å². The second-order valence-corrected chi connectivity index (χ2v) is 12.7. The van der Waals surface area contributed by atoms with Crippen LogP contribution in [0.4, 0.5) is 0 Å². The molecular weight excluding hydrogens is 638 g/mol. The van der Waals surface area contributed by atoms with Gasteiger partial charge in [-0.05, 0) is 89.8 Å². The second kappa shape index (κ2) is 16.7. The minimum atomic E-state index is -0.373. The zero-order chi connectivity index (χ0) is 36.9. The van der Waals surface area contributed by atoms with Crippen LogP contribution in [0.2, 0.25) is 0 Å². The number of hydrogen-bond donors (Lipinski definition) is 2. The minimum absolute atomic E-state index is 0.0538. The van der Waals surface area contributed by atoms with Crippen LogP contribution >= 0.6 is 0 Å². The van der Waals surface area contributed by atoms with Crippen LogP contribution in [0.1, 0.15) is 82.7 Å². The molecule has 270 valence electrons. The van der Waals surface area contributed by atoms with Gasteiger partial charge in [0.1, 0.15) is 33.9 Å². The van der Waals surface area contributed by atoms with Gasteiger partial charge in [0, 0.05) is 50.3 Å². The van der Waals surface area contributed by atoms with Gasteiger partial charge >= 0.3 is 11.3 Å². The van der Waals surface area contributed by atoms with Crippen LogP contribution in [0.5, 0.6) is 0 Å². The van der Waals surface area contributed by atoms with E-state index in [4.69, 9.17) is 38.0 Å². The number of aliphatic hydroxyl groups excluding tert-OH is 1. The molecule has 4 heterocycles. The van der Waals surface area contributed by atoms with Gasteiger partial charge in [-0.2, -0.15) is 0 Å². The Bertz CT molecular complexity index is 2090. The zero-order valence-electron chi connectivity index (χ0n) is 31.1. The van der Waals surface area contributed by atoms with E-state index in [2.05, 4.69) is 13.8 Å². The van der Waals surface area contributed by atoms with E-state index in [1.54, 1.807) is 13.8 Å². The number of fused-ring (bicyclic) bond motifs is 4. The van der Waals surface area contributed by atoms with E-state index in [0.29, 0.717) is 42.1 Å². The van der Waals surface area contributed by atoms with E-state index < -0.39 is 0 Å². The molecule has 0 aliphatic heterocycles. The summed E-state index contributed by atoms with van der Waals surface area (Å²) in [5.41, 5.74) is 14.0. The Morgan fingerprint density at radius 3 is 1.30 bits per heavy atom. The van der Waals surface area contributed by atoms with Crippen LogP contribution in [-0.2, 0) is 22.7 Å². The molecule has 50 heavy (non-hydrogen) atoms. The fourth-order valence-electron chi connectivity index (χ4n) is 5.79. The molecule has 0 saturated heterocycles. The maximum absolute atomic E-state index is 12.2. The van der Waals surface area contributed by atoms with Crippen LogP contribution in [0.15, 0.2) is 39.4 Å². The fraction of sp³-hybridized carbons (Fsp3) is 0.450. The number of aliphatic hydroxyl groups is 1. The van der Waals surface area contributed by atoms with Gasteiger partial charge in [0.05, 0.1) is 33.0 Å². The summed E-state index contributed by atoms with van der Waals surface area (Å²) in [5, 5.41) is 12.7. The lowest BCUT2D eigenvalue weighted by Gasteiger charge is -2.11. The van der Waals surface area contributed by atoms with Crippen LogP contribution in [0, 0.1) is 55.4 Å². The molecule has 0 fully saturated rings. The Morgan fingerprint density at radius 2 is 0.940 bits per heavy atom. The summed E-state index contributed by atoms with van der Waals surface area (Å²) in [7, 11) is 0. The summed E-state index contributed by atoms with van der Waals surface area (Å²) in [4.78, 5) is 24.3. The van der Waals surface area contributed by atoms with Gasteiger partial charge < -0.3 is 38.0 Å². The van der Waals surface area contributed by atoms with E-state index in [-0.39, 0.29) is 31.1 Å². The number of aryl methyl sites for hydroxylation is 6. The van der Waals surface area contributed by atoms with Crippen molar-refractivity contribution in [3.63, 3.8) is 0 Å². The number of furan rings is 2. The summed E-state index contributed by atoms with van der Waals surface area (Å²) in [6, 6.07) is 4.03. The number of nitrogens with two attached hydrogens (primary N) is 1. The molecule has 0 unspecified atom stereocenters. The van der Waals surface area contributed by atoms with Gasteiger partial charge in [0.25, 0.3) is 0 Å². The van der Waals surface area contributed by atoms with Gasteiger partial charge in [0.15, 0.2) is 0 Å². The lowest BCUT2D eigenvalue weighted by Crippen LogP contribution is -2.12. The molecular formula is C40H51NO9. The summed E-state index contributed by atoms with van der Waals surface area (Å²) in [5.74, 6) is 1.73. The van der Waals surface area contributed by atoms with Crippen molar-refractivity contribution in [1.29, 1.82) is 0 Å². The van der Waals surface area contributed by atoms with Crippen molar-refractivity contribution < 1.29 is 32.2 Å². The van der Waals surface area contributed by atoms with E-state index >= 15 is 0 Å². The van der Waals surface area contributed by atoms with Crippen molar-refractivity contribution in [3.05, 3.63) is 89.0 Å². The smallest absolute Gasteiger partial charge is 0.339 e. The minimum Gasteiger partial charge on any atom is -0.461 e. The third kappa shape index (κ3) is 7.58. The Balaban J connectivity index is 0.000000203. The average Bonchev–Trinajstić information content (AvgIpc) is 3.55. The number of hydrogen-bond acceptors (Lipinski definition) is 10. The third-order valence-electron chi connectivity index (χ3n) is 9.34. The molecule has 0 bridgehead atoms. The van der Waals surface area contributed by atoms with Gasteiger partial charge in [-0.15, -0.1) is 0 Å². The molecule has 0 aliphatic rings. The quantitative estimate of drug-likeness (QED) is 0.112. The molecule has 2 aromatic carbocycles. The predicted molar refractivity (Wildman–Crippen MR) is 198 cm³/mol. The van der Waals surface area contributed by atoms with Crippen LogP contribution in [0.3, 0.4) is 0 Å². The highest BCUT2D eigenvalue weighted by molar-refractivity contribution is 6.01. The highest BCUT2D eigenvalue weighted by Crippen LogP contribution is 2.36. The van der Waals surface area contributed by atoms with Crippen molar-refractivity contribution in [2.75, 3.05) is 26.4 Å². The third-order valence-corrected chi connectivity index (χ3v) is 9.34. The standard InChI is InChI=1S/C18H21NO4.C18H20O5.C4H10/c2*1-9-12(4)22-16-11(3)17-14(7-13(9)16)15(8-21-6-5-19)10(2)18(20)23-17;1-3-4-2/h7H,5-6,8,19H2,1-4H3;7,19H,5-6,8H2,1-4H3;3-4H2,1-2H3. The molecule has 4 aromatic heterocycles. The van der Waals surface area contributed by atoms with Crippen LogP contribution in [-0.4, -0.2) is 31.5 Å². The van der Waals surface area contributed by atoms with Crippen molar-refractivity contribution in [2.24, 2.45) is 5.73 Å². The lowest BCUT2D eigenvalue weighted by atomic mass is 10.00. The first-order valence-corrected chi connectivity index (χ1v) is 17.2. The maximum atomic E-state index is 12.2. The fourth-order valence-corrected chi connectivity index (χ4v) is 5.79. The number of benzene rings is 2. The zero-order valence-corrected chi connectivity index (χ0v) is 31.1. The summed E-state index contributed by atoms with van der Waals surface area (Å²) < 4.78 is 33.7. The highest BCUT2D eigenvalue weighted by atomic mass is 16.5. The maximum Gasteiger partial charge on any atom is 0.339 e. The summed E-state index contributed by atoms with van der Waals surface area (Å²) in [6.07, 6.45) is 2.64. The summed E-state index contributed by atoms with van der Waals surface area (Å²) in [6.45, 7) is 21.2. The molecule has 6 rings (SSSR count). The monoisotopic (exact) mass is 689 g/mol.